The van der Waals surface area contributed by atoms with Gasteiger partial charge in [-0.15, -0.1) is 23.2 Å². The first-order valence-corrected chi connectivity index (χ1v) is 10.7. The van der Waals surface area contributed by atoms with E-state index in [4.69, 9.17) is 32.7 Å². The van der Waals surface area contributed by atoms with Crippen LogP contribution in [0.4, 0.5) is 0 Å². The highest BCUT2D eigenvalue weighted by Gasteiger charge is 2.23. The number of ether oxygens (including phenoxy) is 2. The van der Waals surface area contributed by atoms with Crippen LogP contribution in [0.15, 0.2) is 48.5 Å². The molecule has 2 aromatic carbocycles. The zero-order valence-electron chi connectivity index (χ0n) is 16.5. The highest BCUT2D eigenvalue weighted by molar-refractivity contribution is 6.18. The summed E-state index contributed by atoms with van der Waals surface area (Å²) in [5.41, 5.74) is 1.98. The molecule has 5 heteroatoms. The number of halogens is 2. The van der Waals surface area contributed by atoms with Crippen LogP contribution in [0.1, 0.15) is 49.7 Å². The predicted octanol–water partition coefficient (Wildman–Crippen LogP) is 6.18. The van der Waals surface area contributed by atoms with Gasteiger partial charge in [0, 0.05) is 23.6 Å². The van der Waals surface area contributed by atoms with Crippen molar-refractivity contribution in [1.82, 2.24) is 0 Å². The summed E-state index contributed by atoms with van der Waals surface area (Å²) in [7, 11) is 0. The Morgan fingerprint density at radius 1 is 0.750 bits per heavy atom. The van der Waals surface area contributed by atoms with E-state index in [-0.39, 0.29) is 17.6 Å². The third-order valence-corrected chi connectivity index (χ3v) is 5.24. The second kappa shape index (κ2) is 12.0. The largest absolute Gasteiger partial charge is 0.494 e. The van der Waals surface area contributed by atoms with E-state index in [0.29, 0.717) is 25.0 Å². The van der Waals surface area contributed by atoms with Crippen molar-refractivity contribution >= 4 is 29.0 Å². The summed E-state index contributed by atoms with van der Waals surface area (Å²) in [5, 5.41) is 0. The Kier molecular flexibility index (Phi) is 9.66. The number of alkyl halides is 2. The fourth-order valence-electron chi connectivity index (χ4n) is 2.90. The minimum Gasteiger partial charge on any atom is -0.494 e. The Balaban J connectivity index is 1.95. The van der Waals surface area contributed by atoms with Crippen LogP contribution >= 0.6 is 23.2 Å². The lowest BCUT2D eigenvalue weighted by Gasteiger charge is -2.18. The van der Waals surface area contributed by atoms with Gasteiger partial charge < -0.3 is 9.47 Å². The van der Waals surface area contributed by atoms with Gasteiger partial charge in [0.1, 0.15) is 17.3 Å². The molecule has 0 fully saturated rings. The number of Topliss-reactive ketones (excluding diaryl/α,β-unsaturated/α-hetero) is 1. The van der Waals surface area contributed by atoms with Crippen LogP contribution in [0.2, 0.25) is 0 Å². The van der Waals surface area contributed by atoms with Crippen LogP contribution in [0, 0.1) is 0 Å². The lowest BCUT2D eigenvalue weighted by Crippen LogP contribution is -2.16. The quantitative estimate of drug-likeness (QED) is 0.302. The van der Waals surface area contributed by atoms with Gasteiger partial charge in [-0.3, -0.25) is 4.79 Å². The maximum atomic E-state index is 12.9. The Morgan fingerprint density at radius 3 is 1.43 bits per heavy atom. The molecule has 0 bridgehead atoms. The second-order valence-electron chi connectivity index (χ2n) is 6.77. The van der Waals surface area contributed by atoms with Gasteiger partial charge in [-0.05, 0) is 48.2 Å². The van der Waals surface area contributed by atoms with Gasteiger partial charge in [0.15, 0.2) is 0 Å². The molecule has 0 aromatic heterocycles. The molecule has 3 nitrogen and oxygen atoms in total. The summed E-state index contributed by atoms with van der Waals surface area (Å²) in [6, 6.07) is 15.5. The van der Waals surface area contributed by atoms with E-state index in [9.17, 15) is 4.79 Å². The number of benzene rings is 2. The van der Waals surface area contributed by atoms with Gasteiger partial charge in [-0.2, -0.15) is 0 Å². The average molecular weight is 423 g/mol. The molecule has 0 aliphatic heterocycles. The van der Waals surface area contributed by atoms with Crippen LogP contribution < -0.4 is 9.47 Å². The maximum Gasteiger partial charge on any atom is 0.147 e. The molecule has 0 radical (unpaired) electrons. The van der Waals surface area contributed by atoms with E-state index in [1.54, 1.807) is 0 Å². The van der Waals surface area contributed by atoms with E-state index in [1.807, 2.05) is 62.4 Å². The molecule has 0 saturated heterocycles. The van der Waals surface area contributed by atoms with Gasteiger partial charge in [-0.1, -0.05) is 38.1 Å². The first kappa shape index (κ1) is 22.6. The summed E-state index contributed by atoms with van der Waals surface area (Å²) in [6.45, 7) is 5.09. The molecule has 0 saturated carbocycles. The Bertz CT molecular complexity index is 652. The molecule has 0 aliphatic rings. The zero-order chi connectivity index (χ0) is 20.4. The summed E-state index contributed by atoms with van der Waals surface area (Å²) in [5.74, 6) is 2.58. The van der Waals surface area contributed by atoms with E-state index in [2.05, 4.69) is 0 Å². The first-order valence-electron chi connectivity index (χ1n) is 9.68. The van der Waals surface area contributed by atoms with Crippen molar-refractivity contribution in [1.29, 1.82) is 0 Å². The zero-order valence-corrected chi connectivity index (χ0v) is 18.0. The number of hydrogen-bond donors (Lipinski definition) is 0. The number of hydrogen-bond acceptors (Lipinski definition) is 3. The third kappa shape index (κ3) is 6.72. The SMILES string of the molecule is CC(C(=O)C(C)c1ccc(OCCCCl)cc1)c1ccc(OCCCCl)cc1. The molecule has 2 aromatic rings. The second-order valence-corrected chi connectivity index (χ2v) is 7.52. The van der Waals surface area contributed by atoms with Crippen molar-refractivity contribution < 1.29 is 14.3 Å². The van der Waals surface area contributed by atoms with Crippen LogP contribution in [0.3, 0.4) is 0 Å². The van der Waals surface area contributed by atoms with Gasteiger partial charge in [0.05, 0.1) is 13.2 Å². The van der Waals surface area contributed by atoms with Crippen LogP contribution in [-0.2, 0) is 4.79 Å². The van der Waals surface area contributed by atoms with Crippen molar-refractivity contribution in [2.24, 2.45) is 0 Å². The number of rotatable bonds is 12. The molecule has 2 atom stereocenters. The Morgan fingerprint density at radius 2 is 1.11 bits per heavy atom. The highest BCUT2D eigenvalue weighted by atomic mass is 35.5. The van der Waals surface area contributed by atoms with Gasteiger partial charge in [-0.25, -0.2) is 0 Å². The monoisotopic (exact) mass is 422 g/mol. The number of ketones is 1. The van der Waals surface area contributed by atoms with Gasteiger partial charge >= 0.3 is 0 Å². The fourth-order valence-corrected chi connectivity index (χ4v) is 3.12. The van der Waals surface area contributed by atoms with Crippen molar-refractivity contribution in [2.75, 3.05) is 25.0 Å². The van der Waals surface area contributed by atoms with E-state index in [1.165, 1.54) is 0 Å². The number of carbonyl (C=O) groups is 1. The number of carbonyl (C=O) groups excluding carboxylic acids is 1. The summed E-state index contributed by atoms with van der Waals surface area (Å²) >= 11 is 11.3. The molecule has 0 spiro atoms. The predicted molar refractivity (Wildman–Crippen MR) is 116 cm³/mol. The molecule has 0 amide bonds. The van der Waals surface area contributed by atoms with Crippen LogP contribution in [0.5, 0.6) is 11.5 Å². The molecule has 152 valence electrons. The van der Waals surface area contributed by atoms with Crippen LogP contribution in [-0.4, -0.2) is 30.8 Å². The Hall–Kier alpha value is -1.71. The highest BCUT2D eigenvalue weighted by Crippen LogP contribution is 2.28. The van der Waals surface area contributed by atoms with Crippen molar-refractivity contribution in [3.63, 3.8) is 0 Å². The fraction of sp³-hybridized carbons (Fsp3) is 0.435. The summed E-state index contributed by atoms with van der Waals surface area (Å²) < 4.78 is 11.2. The van der Waals surface area contributed by atoms with Crippen LogP contribution in [0.25, 0.3) is 0 Å². The first-order chi connectivity index (χ1) is 13.6. The summed E-state index contributed by atoms with van der Waals surface area (Å²) in [4.78, 5) is 12.9. The van der Waals surface area contributed by atoms with E-state index < -0.39 is 0 Å². The smallest absolute Gasteiger partial charge is 0.147 e. The van der Waals surface area contributed by atoms with Gasteiger partial charge in [0.2, 0.25) is 0 Å². The molecular formula is C23H28Cl2O3. The molecule has 0 N–H and O–H groups in total. The van der Waals surface area contributed by atoms with Crippen molar-refractivity contribution in [3.8, 4) is 11.5 Å². The topological polar surface area (TPSA) is 35.5 Å². The molecule has 2 rings (SSSR count). The molecule has 0 heterocycles. The van der Waals surface area contributed by atoms with Crippen molar-refractivity contribution in [2.45, 2.75) is 38.5 Å². The minimum atomic E-state index is -0.188. The third-order valence-electron chi connectivity index (χ3n) is 4.71. The molecule has 28 heavy (non-hydrogen) atoms. The van der Waals surface area contributed by atoms with E-state index in [0.717, 1.165) is 35.5 Å². The lowest BCUT2D eigenvalue weighted by molar-refractivity contribution is -0.121. The van der Waals surface area contributed by atoms with Gasteiger partial charge in [0.25, 0.3) is 0 Å². The normalized spacial score (nSPS) is 13.0. The lowest BCUT2D eigenvalue weighted by atomic mass is 9.86. The minimum absolute atomic E-state index is 0.187. The average Bonchev–Trinajstić information content (AvgIpc) is 2.73. The maximum absolute atomic E-state index is 12.9. The Labute approximate surface area is 177 Å². The molecule has 2 unspecified atom stereocenters. The standard InChI is InChI=1S/C23H28Cl2O3/c1-17(19-5-9-21(10-6-19)27-15-3-13-24)23(26)18(2)20-7-11-22(12-8-20)28-16-4-14-25/h5-12,17-18H,3-4,13-16H2,1-2H3. The summed E-state index contributed by atoms with van der Waals surface area (Å²) in [6.07, 6.45) is 1.62. The molecular weight excluding hydrogens is 395 g/mol. The molecule has 0 aliphatic carbocycles. The van der Waals surface area contributed by atoms with Crippen molar-refractivity contribution in [3.05, 3.63) is 59.7 Å². The van der Waals surface area contributed by atoms with E-state index >= 15 is 0 Å².